The molecule has 1 atom stereocenters. The van der Waals surface area contributed by atoms with Crippen molar-refractivity contribution in [2.75, 3.05) is 54.5 Å². The molecule has 3 fully saturated rings. The lowest BCUT2D eigenvalue weighted by Crippen LogP contribution is -2.38. The van der Waals surface area contributed by atoms with Crippen LogP contribution in [0.15, 0.2) is 6.07 Å². The van der Waals surface area contributed by atoms with Crippen molar-refractivity contribution < 1.29 is 9.13 Å². The summed E-state index contributed by atoms with van der Waals surface area (Å²) in [5.74, 6) is 2.81. The van der Waals surface area contributed by atoms with E-state index in [-0.39, 0.29) is 0 Å². The minimum Gasteiger partial charge on any atom is -0.378 e. The van der Waals surface area contributed by atoms with Gasteiger partial charge < -0.3 is 19.9 Å². The Morgan fingerprint density at radius 1 is 1.04 bits per heavy atom. The largest absolute Gasteiger partial charge is 0.378 e. The van der Waals surface area contributed by atoms with Crippen molar-refractivity contribution in [3.05, 3.63) is 11.8 Å². The first kappa shape index (κ1) is 16.7. The van der Waals surface area contributed by atoms with Crippen LogP contribution in [0.3, 0.4) is 0 Å². The van der Waals surface area contributed by atoms with Crippen LogP contribution in [0.1, 0.15) is 30.9 Å². The molecule has 0 aromatic carbocycles. The number of nitrogens with one attached hydrogen (secondary N) is 2. The van der Waals surface area contributed by atoms with Crippen LogP contribution in [0.5, 0.6) is 0 Å². The second kappa shape index (κ2) is 6.91. The number of hydrogen-bond acceptors (Lipinski definition) is 8. The van der Waals surface area contributed by atoms with Crippen molar-refractivity contribution in [2.24, 2.45) is 0 Å². The molecule has 2 saturated heterocycles. The van der Waals surface area contributed by atoms with Crippen molar-refractivity contribution in [3.8, 4) is 0 Å². The molecule has 0 amide bonds. The van der Waals surface area contributed by atoms with Crippen LogP contribution in [-0.4, -0.2) is 70.7 Å². The lowest BCUT2D eigenvalue weighted by atomic mass is 10.3. The van der Waals surface area contributed by atoms with E-state index < -0.39 is 6.17 Å². The quantitative estimate of drug-likeness (QED) is 0.815. The summed E-state index contributed by atoms with van der Waals surface area (Å²) in [6, 6.07) is 2.00. The predicted octanol–water partition coefficient (Wildman–Crippen LogP) is 1.60. The number of morpholine rings is 1. The molecule has 10 heteroatoms. The zero-order chi connectivity index (χ0) is 18.2. The van der Waals surface area contributed by atoms with Crippen LogP contribution in [0.25, 0.3) is 0 Å². The van der Waals surface area contributed by atoms with Crippen molar-refractivity contribution in [1.29, 1.82) is 0 Å². The van der Waals surface area contributed by atoms with Gasteiger partial charge in [-0.05, 0) is 19.3 Å². The highest BCUT2D eigenvalue weighted by atomic mass is 19.1. The van der Waals surface area contributed by atoms with Gasteiger partial charge in [-0.1, -0.05) is 0 Å². The molecule has 144 valence electrons. The summed E-state index contributed by atoms with van der Waals surface area (Å²) in [4.78, 5) is 17.6. The highest BCUT2D eigenvalue weighted by Crippen LogP contribution is 2.39. The third kappa shape index (κ3) is 3.66. The van der Waals surface area contributed by atoms with Crippen LogP contribution in [0.4, 0.5) is 28.1 Å². The molecule has 0 spiro atoms. The van der Waals surface area contributed by atoms with Crippen LogP contribution >= 0.6 is 0 Å². The van der Waals surface area contributed by atoms with E-state index in [2.05, 4.69) is 35.4 Å². The van der Waals surface area contributed by atoms with Crippen molar-refractivity contribution in [3.63, 3.8) is 0 Å². The maximum atomic E-state index is 13.7. The van der Waals surface area contributed by atoms with E-state index in [1.165, 1.54) is 12.8 Å². The summed E-state index contributed by atoms with van der Waals surface area (Å²) < 4.78 is 19.1. The summed E-state index contributed by atoms with van der Waals surface area (Å²) in [6.07, 6.45) is 2.08. The van der Waals surface area contributed by atoms with Gasteiger partial charge in [-0.2, -0.15) is 20.1 Å². The number of halogens is 1. The Morgan fingerprint density at radius 2 is 1.81 bits per heavy atom. The van der Waals surface area contributed by atoms with E-state index >= 15 is 0 Å². The Hall–Kier alpha value is -2.49. The van der Waals surface area contributed by atoms with Gasteiger partial charge in [0, 0.05) is 37.3 Å². The lowest BCUT2D eigenvalue weighted by molar-refractivity contribution is 0.122. The van der Waals surface area contributed by atoms with Gasteiger partial charge >= 0.3 is 0 Å². The fourth-order valence-corrected chi connectivity index (χ4v) is 3.47. The van der Waals surface area contributed by atoms with Crippen molar-refractivity contribution in [2.45, 2.75) is 31.4 Å². The first-order valence-corrected chi connectivity index (χ1v) is 9.55. The highest BCUT2D eigenvalue weighted by molar-refractivity contribution is 5.53. The van der Waals surface area contributed by atoms with Crippen LogP contribution in [0, 0.1) is 0 Å². The van der Waals surface area contributed by atoms with Gasteiger partial charge in [0.15, 0.2) is 5.82 Å². The minimum atomic E-state index is -0.836. The molecular weight excluding hydrogens is 351 g/mol. The average Bonchev–Trinajstić information content (AvgIpc) is 3.29. The second-order valence-electron chi connectivity index (χ2n) is 7.30. The van der Waals surface area contributed by atoms with Gasteiger partial charge in [0.25, 0.3) is 0 Å². The monoisotopic (exact) mass is 374 g/mol. The van der Waals surface area contributed by atoms with Gasteiger partial charge in [0.2, 0.25) is 17.8 Å². The number of aromatic nitrogens is 5. The maximum Gasteiger partial charge on any atom is 0.235 e. The zero-order valence-electron chi connectivity index (χ0n) is 15.1. The fourth-order valence-electron chi connectivity index (χ4n) is 3.47. The third-order valence-electron chi connectivity index (χ3n) is 5.17. The van der Waals surface area contributed by atoms with E-state index in [9.17, 15) is 4.39 Å². The van der Waals surface area contributed by atoms with Gasteiger partial charge in [0.1, 0.15) is 6.17 Å². The van der Waals surface area contributed by atoms with Gasteiger partial charge in [-0.25, -0.2) is 4.39 Å². The van der Waals surface area contributed by atoms with Crippen LogP contribution in [0.2, 0.25) is 0 Å². The molecule has 1 saturated carbocycles. The summed E-state index contributed by atoms with van der Waals surface area (Å²) in [5, 5.41) is 10.6. The van der Waals surface area contributed by atoms with E-state index in [4.69, 9.17) is 4.74 Å². The average molecular weight is 374 g/mol. The Bertz CT molecular complexity index is 781. The fraction of sp³-hybridized carbons (Fsp3) is 0.647. The first-order chi connectivity index (χ1) is 13.2. The third-order valence-corrected chi connectivity index (χ3v) is 5.17. The summed E-state index contributed by atoms with van der Waals surface area (Å²) in [6.45, 7) is 3.67. The molecule has 1 aliphatic carbocycles. The number of aromatic amines is 1. The van der Waals surface area contributed by atoms with Crippen molar-refractivity contribution >= 4 is 23.7 Å². The van der Waals surface area contributed by atoms with E-state index in [0.29, 0.717) is 62.3 Å². The maximum absolute atomic E-state index is 13.7. The first-order valence-electron chi connectivity index (χ1n) is 9.55. The molecule has 9 nitrogen and oxygen atoms in total. The smallest absolute Gasteiger partial charge is 0.235 e. The number of anilines is 4. The van der Waals surface area contributed by atoms with Crippen LogP contribution in [-0.2, 0) is 4.74 Å². The molecule has 2 aromatic heterocycles. The predicted molar refractivity (Wildman–Crippen MR) is 98.4 cm³/mol. The molecule has 2 N–H and O–H groups in total. The SMILES string of the molecule is F[C@@H]1CCN(c2nc(Nc3cc(C4CC4)[nH]n3)nc(N3CCOCC3)n2)C1. The number of nitrogens with zero attached hydrogens (tertiary/aromatic N) is 6. The molecule has 2 aromatic rings. The Morgan fingerprint density at radius 3 is 2.52 bits per heavy atom. The molecule has 5 rings (SSSR count). The number of H-pyrrole nitrogens is 1. The minimum absolute atomic E-state index is 0.320. The number of hydrogen-bond donors (Lipinski definition) is 2. The molecule has 0 radical (unpaired) electrons. The normalized spacial score (nSPS) is 23.1. The van der Waals surface area contributed by atoms with E-state index in [1.54, 1.807) is 0 Å². The summed E-state index contributed by atoms with van der Waals surface area (Å²) in [7, 11) is 0. The Kier molecular flexibility index (Phi) is 4.27. The molecule has 0 unspecified atom stereocenters. The molecule has 4 heterocycles. The standard InChI is InChI=1S/C17H23FN8O/c18-12-3-4-26(10-12)17-21-15(19-14-9-13(23-24-14)11-1-2-11)20-16(22-17)25-5-7-27-8-6-25/h9,11-12H,1-8,10H2,(H2,19,20,21,22,23,24)/t12-/m1/s1. The zero-order valence-corrected chi connectivity index (χ0v) is 15.1. The Balaban J connectivity index is 1.42. The van der Waals surface area contributed by atoms with Crippen LogP contribution < -0.4 is 15.1 Å². The van der Waals surface area contributed by atoms with Crippen molar-refractivity contribution in [1.82, 2.24) is 25.1 Å². The van der Waals surface area contributed by atoms with E-state index in [0.717, 1.165) is 18.8 Å². The highest BCUT2D eigenvalue weighted by Gasteiger charge is 2.27. The van der Waals surface area contributed by atoms with Gasteiger partial charge in [-0.3, -0.25) is 5.10 Å². The van der Waals surface area contributed by atoms with Gasteiger partial charge in [0.05, 0.1) is 19.8 Å². The number of ether oxygens (including phenoxy) is 1. The second-order valence-corrected chi connectivity index (χ2v) is 7.30. The molecular formula is C17H23FN8O. The molecule has 27 heavy (non-hydrogen) atoms. The lowest BCUT2D eigenvalue weighted by Gasteiger charge is -2.27. The number of rotatable bonds is 5. The number of alkyl halides is 1. The molecule has 3 aliphatic rings. The topological polar surface area (TPSA) is 95.1 Å². The van der Waals surface area contributed by atoms with Gasteiger partial charge in [-0.15, -0.1) is 0 Å². The Labute approximate surface area is 156 Å². The van der Waals surface area contributed by atoms with E-state index in [1.807, 2.05) is 11.0 Å². The molecule has 2 aliphatic heterocycles. The molecule has 0 bridgehead atoms. The summed E-state index contributed by atoms with van der Waals surface area (Å²) in [5.41, 5.74) is 1.14. The summed E-state index contributed by atoms with van der Waals surface area (Å²) >= 11 is 0.